The second-order valence-electron chi connectivity index (χ2n) is 4.83. The molecular weight excluding hydrogens is 333 g/mol. The molecule has 0 bridgehead atoms. The van der Waals surface area contributed by atoms with Crippen LogP contribution < -0.4 is 9.46 Å². The zero-order valence-electron chi connectivity index (χ0n) is 11.7. The molecule has 0 saturated carbocycles. The predicted molar refractivity (Wildman–Crippen MR) is 84.8 cm³/mol. The van der Waals surface area contributed by atoms with Crippen LogP contribution >= 0.6 is 23.2 Å². The van der Waals surface area contributed by atoms with Gasteiger partial charge in [-0.1, -0.05) is 34.9 Å². The first kappa shape index (κ1) is 16.6. The van der Waals surface area contributed by atoms with Gasteiger partial charge < -0.3 is 4.74 Å². The molecule has 0 spiro atoms. The van der Waals surface area contributed by atoms with Crippen molar-refractivity contribution in [1.29, 1.82) is 0 Å². The molecule has 4 nitrogen and oxygen atoms in total. The Morgan fingerprint density at radius 2 is 2.05 bits per heavy atom. The topological polar surface area (TPSA) is 55.4 Å². The Labute approximate surface area is 135 Å². The van der Waals surface area contributed by atoms with Gasteiger partial charge in [0, 0.05) is 6.54 Å². The number of halogens is 2. The minimum absolute atomic E-state index is 0.00388. The molecular formula is C14H17Cl2NO3S. The van der Waals surface area contributed by atoms with E-state index in [1.807, 2.05) is 0 Å². The first-order valence-electron chi connectivity index (χ1n) is 6.65. The smallest absolute Gasteiger partial charge is 0.244 e. The standard InChI is InChI=1S/C14H17Cl2NO3S/c1-20-14-12(8-7-11(15)13(14)16)21(18,19)17-9-10-5-3-2-4-6-10/h5,7-8,17H,2-4,6,9H2,1H3. The third-order valence-corrected chi connectivity index (χ3v) is 5.59. The summed E-state index contributed by atoms with van der Waals surface area (Å²) in [7, 11) is -2.34. The molecule has 0 unspecified atom stereocenters. The third kappa shape index (κ3) is 3.92. The maximum Gasteiger partial charge on any atom is 0.244 e. The predicted octanol–water partition coefficient (Wildman–Crippen LogP) is 3.78. The summed E-state index contributed by atoms with van der Waals surface area (Å²) in [6, 6.07) is 2.84. The molecule has 2 rings (SSSR count). The molecule has 1 aromatic carbocycles. The first-order valence-corrected chi connectivity index (χ1v) is 8.89. The van der Waals surface area contributed by atoms with Gasteiger partial charge in [-0.05, 0) is 37.8 Å². The lowest BCUT2D eigenvalue weighted by atomic mass is 10.0. The lowest BCUT2D eigenvalue weighted by molar-refractivity contribution is 0.402. The van der Waals surface area contributed by atoms with Crippen LogP contribution in [0.1, 0.15) is 25.7 Å². The number of ether oxygens (including phenoxy) is 1. The van der Waals surface area contributed by atoms with Crippen LogP contribution in [-0.2, 0) is 10.0 Å². The molecule has 1 aliphatic rings. The SMILES string of the molecule is COc1c(S(=O)(=O)NCC2=CCCCC2)ccc(Cl)c1Cl. The van der Waals surface area contributed by atoms with E-state index in [1.54, 1.807) is 0 Å². The van der Waals surface area contributed by atoms with Gasteiger partial charge in [-0.15, -0.1) is 0 Å². The number of hydrogen-bond acceptors (Lipinski definition) is 3. The first-order chi connectivity index (χ1) is 9.95. The number of allylic oxidation sites excluding steroid dienone is 1. The highest BCUT2D eigenvalue weighted by Crippen LogP contribution is 2.37. The lowest BCUT2D eigenvalue weighted by Gasteiger charge is -2.15. The molecule has 1 N–H and O–H groups in total. The van der Waals surface area contributed by atoms with Crippen LogP contribution in [0, 0.1) is 0 Å². The number of hydrogen-bond donors (Lipinski definition) is 1. The van der Waals surface area contributed by atoms with E-state index in [0.717, 1.165) is 31.3 Å². The maximum atomic E-state index is 12.4. The van der Waals surface area contributed by atoms with E-state index in [1.165, 1.54) is 19.2 Å². The Bertz CT molecular complexity index is 656. The van der Waals surface area contributed by atoms with E-state index in [9.17, 15) is 8.42 Å². The van der Waals surface area contributed by atoms with E-state index in [2.05, 4.69) is 10.8 Å². The highest BCUT2D eigenvalue weighted by molar-refractivity contribution is 7.89. The van der Waals surface area contributed by atoms with Crippen molar-refractivity contribution < 1.29 is 13.2 Å². The third-order valence-electron chi connectivity index (χ3n) is 3.38. The van der Waals surface area contributed by atoms with Gasteiger partial charge in [0.25, 0.3) is 0 Å². The number of benzene rings is 1. The van der Waals surface area contributed by atoms with Crippen molar-refractivity contribution in [3.8, 4) is 5.75 Å². The van der Waals surface area contributed by atoms with Crippen molar-refractivity contribution in [1.82, 2.24) is 4.72 Å². The molecule has 0 fully saturated rings. The van der Waals surface area contributed by atoms with Crippen LogP contribution in [0.4, 0.5) is 0 Å². The maximum absolute atomic E-state index is 12.4. The van der Waals surface area contributed by atoms with E-state index in [0.29, 0.717) is 6.54 Å². The fourth-order valence-corrected chi connectivity index (χ4v) is 3.90. The molecule has 0 aromatic heterocycles. The van der Waals surface area contributed by atoms with E-state index in [-0.39, 0.29) is 20.7 Å². The van der Waals surface area contributed by atoms with Crippen molar-refractivity contribution in [3.63, 3.8) is 0 Å². The second-order valence-corrected chi connectivity index (χ2v) is 7.35. The van der Waals surface area contributed by atoms with Gasteiger partial charge in [-0.3, -0.25) is 0 Å². The Hall–Kier alpha value is -0.750. The summed E-state index contributed by atoms with van der Waals surface area (Å²) in [5.41, 5.74) is 1.11. The number of methoxy groups -OCH3 is 1. The minimum atomic E-state index is -3.70. The Morgan fingerprint density at radius 1 is 1.29 bits per heavy atom. The van der Waals surface area contributed by atoms with Crippen LogP contribution in [0.2, 0.25) is 10.0 Å². The van der Waals surface area contributed by atoms with Gasteiger partial charge in [0.15, 0.2) is 5.75 Å². The average Bonchev–Trinajstić information content (AvgIpc) is 2.49. The van der Waals surface area contributed by atoms with Gasteiger partial charge >= 0.3 is 0 Å². The summed E-state index contributed by atoms with van der Waals surface area (Å²) in [5, 5.41) is 0.348. The van der Waals surface area contributed by atoms with Gasteiger partial charge in [-0.2, -0.15) is 0 Å². The van der Waals surface area contributed by atoms with Crippen molar-refractivity contribution >= 4 is 33.2 Å². The van der Waals surface area contributed by atoms with Gasteiger partial charge in [-0.25, -0.2) is 13.1 Å². The van der Waals surface area contributed by atoms with Crippen LogP contribution in [0.25, 0.3) is 0 Å². The normalized spacial score (nSPS) is 15.7. The van der Waals surface area contributed by atoms with Crippen LogP contribution in [0.15, 0.2) is 28.7 Å². The summed E-state index contributed by atoms with van der Waals surface area (Å²) in [6.45, 7) is 0.311. The minimum Gasteiger partial charge on any atom is -0.494 e. The Balaban J connectivity index is 2.23. The quantitative estimate of drug-likeness (QED) is 0.823. The van der Waals surface area contributed by atoms with Crippen molar-refractivity contribution in [2.45, 2.75) is 30.6 Å². The van der Waals surface area contributed by atoms with E-state index < -0.39 is 10.0 Å². The number of sulfonamides is 1. The fraction of sp³-hybridized carbons (Fsp3) is 0.429. The second kappa shape index (κ2) is 7.01. The van der Waals surface area contributed by atoms with E-state index >= 15 is 0 Å². The molecule has 1 aliphatic carbocycles. The zero-order chi connectivity index (χ0) is 15.5. The summed E-state index contributed by atoms with van der Waals surface area (Å²) >= 11 is 11.9. The zero-order valence-corrected chi connectivity index (χ0v) is 14.0. The average molecular weight is 350 g/mol. The molecule has 21 heavy (non-hydrogen) atoms. The lowest BCUT2D eigenvalue weighted by Crippen LogP contribution is -2.26. The molecule has 0 heterocycles. The summed E-state index contributed by atoms with van der Waals surface area (Å²) in [5.74, 6) is 0.0642. The molecule has 0 atom stereocenters. The van der Waals surface area contributed by atoms with Crippen LogP contribution in [-0.4, -0.2) is 22.1 Å². The van der Waals surface area contributed by atoms with Crippen molar-refractivity contribution in [3.05, 3.63) is 33.8 Å². The Kier molecular flexibility index (Phi) is 5.54. The van der Waals surface area contributed by atoms with Crippen LogP contribution in [0.5, 0.6) is 5.75 Å². The summed E-state index contributed by atoms with van der Waals surface area (Å²) in [6.07, 6.45) is 6.30. The fourth-order valence-electron chi connectivity index (χ4n) is 2.25. The van der Waals surface area contributed by atoms with E-state index in [4.69, 9.17) is 27.9 Å². The highest BCUT2D eigenvalue weighted by atomic mass is 35.5. The number of nitrogens with one attached hydrogen (secondary N) is 1. The highest BCUT2D eigenvalue weighted by Gasteiger charge is 2.23. The molecule has 0 amide bonds. The molecule has 7 heteroatoms. The molecule has 0 radical (unpaired) electrons. The molecule has 1 aromatic rings. The Morgan fingerprint density at radius 3 is 2.67 bits per heavy atom. The largest absolute Gasteiger partial charge is 0.494 e. The van der Waals surface area contributed by atoms with Crippen LogP contribution in [0.3, 0.4) is 0 Å². The van der Waals surface area contributed by atoms with Crippen molar-refractivity contribution in [2.24, 2.45) is 0 Å². The number of rotatable bonds is 5. The van der Waals surface area contributed by atoms with Gasteiger partial charge in [0.2, 0.25) is 10.0 Å². The van der Waals surface area contributed by atoms with Gasteiger partial charge in [0.1, 0.15) is 9.92 Å². The van der Waals surface area contributed by atoms with Crippen molar-refractivity contribution in [2.75, 3.05) is 13.7 Å². The summed E-state index contributed by atoms with van der Waals surface area (Å²) in [4.78, 5) is -0.00388. The molecule has 0 aliphatic heterocycles. The molecule has 116 valence electrons. The monoisotopic (exact) mass is 349 g/mol. The molecule has 0 saturated heterocycles. The summed E-state index contributed by atoms with van der Waals surface area (Å²) < 4.78 is 32.5. The van der Waals surface area contributed by atoms with Gasteiger partial charge in [0.05, 0.1) is 12.1 Å².